The van der Waals surface area contributed by atoms with Gasteiger partial charge >= 0.3 is 0 Å². The van der Waals surface area contributed by atoms with E-state index in [-0.39, 0.29) is 0 Å². The van der Waals surface area contributed by atoms with Gasteiger partial charge in [-0.25, -0.2) is 4.98 Å². The van der Waals surface area contributed by atoms with Crippen molar-refractivity contribution in [3.63, 3.8) is 0 Å². The summed E-state index contributed by atoms with van der Waals surface area (Å²) in [4.78, 5) is 5.58. The topological polar surface area (TPSA) is 30.0 Å². The molecule has 0 aliphatic carbocycles. The maximum absolute atomic E-state index is 15.2. The highest BCUT2D eigenvalue weighted by Crippen LogP contribution is 2.46. The van der Waals surface area contributed by atoms with E-state index in [9.17, 15) is 0 Å². The summed E-state index contributed by atoms with van der Waals surface area (Å²) in [7, 11) is -3.13. The van der Waals surface area contributed by atoms with Crippen LogP contribution in [-0.4, -0.2) is 4.98 Å². The van der Waals surface area contributed by atoms with Crippen LogP contribution in [0.2, 0.25) is 0 Å². The molecule has 53 heavy (non-hydrogen) atoms. The van der Waals surface area contributed by atoms with E-state index in [1.807, 2.05) is 84.1 Å². The van der Waals surface area contributed by atoms with Gasteiger partial charge in [-0.05, 0) is 45.7 Å². The van der Waals surface area contributed by atoms with Crippen LogP contribution in [0.4, 0.5) is 0 Å². The Balaban J connectivity index is 1.17. The normalized spacial score (nSPS) is 11.8. The molecule has 0 saturated carbocycles. The molecule has 0 radical (unpaired) electrons. The number of hydrogen-bond acceptors (Lipinski definition) is 3. The molecule has 0 N–H and O–H groups in total. The first kappa shape index (κ1) is 31.6. The summed E-state index contributed by atoms with van der Waals surface area (Å²) in [6, 6.07) is 67.1. The molecule has 0 spiro atoms. The second kappa shape index (κ2) is 12.8. The molecular formula is C49H32NOPS. The molecule has 250 valence electrons. The van der Waals surface area contributed by atoms with Gasteiger partial charge in [-0.15, -0.1) is 11.3 Å². The molecule has 0 amide bonds. The van der Waals surface area contributed by atoms with Crippen LogP contribution in [0.3, 0.4) is 0 Å². The SMILES string of the molecule is O=P(c1ccccc1)(c1ccccc1)c1cccc(-c2cccc(-c3cccc4c3nc(-c3cccc5ccccc35)c3sc5ccccc5c34)c2)c1. The zero-order valence-electron chi connectivity index (χ0n) is 28.7. The number of para-hydroxylation sites is 1. The average molecular weight is 714 g/mol. The summed E-state index contributed by atoms with van der Waals surface area (Å²) >= 11 is 1.82. The largest absolute Gasteiger partial charge is 0.309 e. The first-order chi connectivity index (χ1) is 26.2. The summed E-state index contributed by atoms with van der Waals surface area (Å²) in [6.07, 6.45) is 0. The van der Waals surface area contributed by atoms with E-state index in [1.165, 1.54) is 30.9 Å². The minimum Gasteiger partial charge on any atom is -0.309 e. The number of pyridine rings is 1. The lowest BCUT2D eigenvalue weighted by molar-refractivity contribution is 0.592. The predicted octanol–water partition coefficient (Wildman–Crippen LogP) is 12.4. The number of rotatable bonds is 6. The Bertz CT molecular complexity index is 2990. The lowest BCUT2D eigenvalue weighted by Crippen LogP contribution is -2.25. The van der Waals surface area contributed by atoms with E-state index in [0.717, 1.165) is 60.3 Å². The molecule has 4 heteroatoms. The summed E-state index contributed by atoms with van der Waals surface area (Å²) in [5, 5.41) is 8.53. The molecule has 10 rings (SSSR count). The average Bonchev–Trinajstić information content (AvgIpc) is 3.64. The van der Waals surface area contributed by atoms with Gasteiger partial charge in [-0.1, -0.05) is 176 Å². The van der Waals surface area contributed by atoms with Crippen LogP contribution in [0, 0.1) is 0 Å². The molecule has 0 saturated heterocycles. The van der Waals surface area contributed by atoms with Gasteiger partial charge in [0.05, 0.1) is 15.9 Å². The fourth-order valence-electron chi connectivity index (χ4n) is 7.83. The summed E-state index contributed by atoms with van der Waals surface area (Å²) in [5.74, 6) is 0. The summed E-state index contributed by atoms with van der Waals surface area (Å²) < 4.78 is 17.7. The van der Waals surface area contributed by atoms with Crippen LogP contribution in [0.5, 0.6) is 0 Å². The molecule has 8 aromatic carbocycles. The first-order valence-corrected chi connectivity index (χ1v) is 20.3. The Morgan fingerprint density at radius 3 is 1.77 bits per heavy atom. The molecule has 2 aromatic heterocycles. The first-order valence-electron chi connectivity index (χ1n) is 17.8. The quantitative estimate of drug-likeness (QED) is 0.161. The number of benzene rings is 8. The van der Waals surface area contributed by atoms with Crippen molar-refractivity contribution in [3.8, 4) is 33.5 Å². The monoisotopic (exact) mass is 713 g/mol. The molecule has 0 aliphatic heterocycles. The van der Waals surface area contributed by atoms with Gasteiger partial charge in [-0.2, -0.15) is 0 Å². The van der Waals surface area contributed by atoms with Crippen molar-refractivity contribution in [2.75, 3.05) is 0 Å². The minimum absolute atomic E-state index is 0.816. The van der Waals surface area contributed by atoms with Gasteiger partial charge in [0.15, 0.2) is 7.14 Å². The third-order valence-electron chi connectivity index (χ3n) is 10.3. The van der Waals surface area contributed by atoms with Crippen molar-refractivity contribution < 1.29 is 4.57 Å². The maximum Gasteiger partial charge on any atom is 0.171 e. The standard InChI is InChI=1S/C49H32NOPS/c51-52(37-20-3-1-4-21-37,38-22-5-2-6-23-38)39-24-12-18-35(32-39)34-17-11-19-36(31-34)41-27-14-29-44-46-43-26-9-10-30-45(43)53-49(46)48(50-47(41)44)42-28-13-16-33-15-7-8-25-40(33)42/h1-32H. The van der Waals surface area contributed by atoms with E-state index in [0.29, 0.717) is 0 Å². The van der Waals surface area contributed by atoms with Gasteiger partial charge in [0.2, 0.25) is 0 Å². The highest BCUT2D eigenvalue weighted by molar-refractivity contribution is 7.85. The van der Waals surface area contributed by atoms with Crippen LogP contribution in [0.1, 0.15) is 0 Å². The van der Waals surface area contributed by atoms with Gasteiger partial charge in [0.1, 0.15) is 0 Å². The van der Waals surface area contributed by atoms with Crippen molar-refractivity contribution in [1.82, 2.24) is 4.98 Å². The highest BCUT2D eigenvalue weighted by atomic mass is 32.1. The van der Waals surface area contributed by atoms with E-state index in [1.54, 1.807) is 0 Å². The van der Waals surface area contributed by atoms with E-state index >= 15 is 4.57 Å². The number of hydrogen-bond donors (Lipinski definition) is 0. The Morgan fingerprint density at radius 1 is 0.434 bits per heavy atom. The van der Waals surface area contributed by atoms with E-state index < -0.39 is 7.14 Å². The zero-order chi connectivity index (χ0) is 35.4. The fourth-order valence-corrected chi connectivity index (χ4v) is 11.7. The summed E-state index contributed by atoms with van der Waals surface area (Å²) in [5.41, 5.74) is 7.39. The third kappa shape index (κ3) is 5.24. The smallest absolute Gasteiger partial charge is 0.171 e. The maximum atomic E-state index is 15.2. The molecule has 0 atom stereocenters. The number of thiophene rings is 1. The van der Waals surface area contributed by atoms with Crippen LogP contribution in [0.15, 0.2) is 194 Å². The van der Waals surface area contributed by atoms with Crippen molar-refractivity contribution >= 4 is 76.2 Å². The molecule has 2 heterocycles. The van der Waals surface area contributed by atoms with Crippen molar-refractivity contribution in [2.24, 2.45) is 0 Å². The van der Waals surface area contributed by atoms with Crippen molar-refractivity contribution in [1.29, 1.82) is 0 Å². The Kier molecular flexibility index (Phi) is 7.65. The number of fused-ring (bicyclic) bond motifs is 6. The predicted molar refractivity (Wildman–Crippen MR) is 228 cm³/mol. The Hall–Kier alpha value is -6.12. The van der Waals surface area contributed by atoms with Crippen LogP contribution >= 0.6 is 18.5 Å². The van der Waals surface area contributed by atoms with E-state index in [2.05, 4.69) is 121 Å². The molecule has 0 unspecified atom stereocenters. The van der Waals surface area contributed by atoms with Gasteiger partial charge in [0, 0.05) is 47.9 Å². The van der Waals surface area contributed by atoms with Crippen LogP contribution < -0.4 is 15.9 Å². The lowest BCUT2D eigenvalue weighted by Gasteiger charge is -2.20. The number of aromatic nitrogens is 1. The molecule has 0 fully saturated rings. The second-order valence-corrected chi connectivity index (χ2v) is 17.2. The summed E-state index contributed by atoms with van der Waals surface area (Å²) in [6.45, 7) is 0. The number of nitrogens with zero attached hydrogens (tertiary/aromatic N) is 1. The lowest BCUT2D eigenvalue weighted by atomic mass is 9.94. The molecule has 0 aliphatic rings. The van der Waals surface area contributed by atoms with Gasteiger partial charge in [-0.3, -0.25) is 0 Å². The molecular weight excluding hydrogens is 682 g/mol. The third-order valence-corrected chi connectivity index (χ3v) is 14.6. The molecule has 0 bridgehead atoms. The van der Waals surface area contributed by atoms with Crippen LogP contribution in [-0.2, 0) is 4.57 Å². The van der Waals surface area contributed by atoms with Crippen LogP contribution in [0.25, 0.3) is 75.4 Å². The van der Waals surface area contributed by atoms with E-state index in [4.69, 9.17) is 4.98 Å². The zero-order valence-corrected chi connectivity index (χ0v) is 30.4. The second-order valence-electron chi connectivity index (χ2n) is 13.4. The Morgan fingerprint density at radius 2 is 0.981 bits per heavy atom. The Labute approximate surface area is 312 Å². The van der Waals surface area contributed by atoms with Gasteiger partial charge in [0.25, 0.3) is 0 Å². The van der Waals surface area contributed by atoms with Crippen molar-refractivity contribution in [3.05, 3.63) is 194 Å². The van der Waals surface area contributed by atoms with Crippen molar-refractivity contribution in [2.45, 2.75) is 0 Å². The fraction of sp³-hybridized carbons (Fsp3) is 0. The van der Waals surface area contributed by atoms with Gasteiger partial charge < -0.3 is 4.57 Å². The molecule has 2 nitrogen and oxygen atoms in total. The minimum atomic E-state index is -3.13. The highest BCUT2D eigenvalue weighted by Gasteiger charge is 2.30. The molecule has 10 aromatic rings.